The van der Waals surface area contributed by atoms with E-state index in [9.17, 15) is 19.5 Å². The quantitative estimate of drug-likeness (QED) is 0.644. The molecule has 26 heavy (non-hydrogen) atoms. The van der Waals surface area contributed by atoms with Crippen molar-refractivity contribution < 1.29 is 19.5 Å². The molecule has 1 aromatic rings. The van der Waals surface area contributed by atoms with Crippen LogP contribution in [0.15, 0.2) is 24.3 Å². The first-order chi connectivity index (χ1) is 12.5. The SMILES string of the molecule is N#CCNC(=O)C(CNC(=O)c1ccccc1C(=O)O)C1CCCCC1. The second-order valence-corrected chi connectivity index (χ2v) is 6.44. The highest BCUT2D eigenvalue weighted by Crippen LogP contribution is 2.30. The summed E-state index contributed by atoms with van der Waals surface area (Å²) in [5.41, 5.74) is -0.00650. The van der Waals surface area contributed by atoms with Crippen molar-refractivity contribution in [3.8, 4) is 6.07 Å². The molecule has 0 heterocycles. The number of carbonyl (C=O) groups is 3. The summed E-state index contributed by atoms with van der Waals surface area (Å²) in [6.45, 7) is 0.0482. The smallest absolute Gasteiger partial charge is 0.336 e. The lowest BCUT2D eigenvalue weighted by Crippen LogP contribution is -2.43. The van der Waals surface area contributed by atoms with E-state index < -0.39 is 17.8 Å². The lowest BCUT2D eigenvalue weighted by Gasteiger charge is -2.29. The monoisotopic (exact) mass is 357 g/mol. The zero-order valence-electron chi connectivity index (χ0n) is 14.5. The number of nitrogens with one attached hydrogen (secondary N) is 2. The Morgan fingerprint density at radius 1 is 1.12 bits per heavy atom. The van der Waals surface area contributed by atoms with Crippen LogP contribution in [0, 0.1) is 23.2 Å². The summed E-state index contributed by atoms with van der Waals surface area (Å²) in [6, 6.07) is 7.85. The molecular weight excluding hydrogens is 334 g/mol. The number of amides is 2. The molecular formula is C19H23N3O4. The average molecular weight is 357 g/mol. The van der Waals surface area contributed by atoms with Crippen molar-refractivity contribution in [3.63, 3.8) is 0 Å². The molecule has 0 bridgehead atoms. The molecule has 0 aliphatic heterocycles. The van der Waals surface area contributed by atoms with Crippen LogP contribution in [0.1, 0.15) is 52.8 Å². The fourth-order valence-corrected chi connectivity index (χ4v) is 3.43. The maximum atomic E-state index is 12.4. The van der Waals surface area contributed by atoms with E-state index in [2.05, 4.69) is 10.6 Å². The molecule has 1 aromatic carbocycles. The fraction of sp³-hybridized carbons (Fsp3) is 0.474. The molecule has 1 atom stereocenters. The summed E-state index contributed by atoms with van der Waals surface area (Å²) < 4.78 is 0. The van der Waals surface area contributed by atoms with Gasteiger partial charge in [-0.25, -0.2) is 4.79 Å². The zero-order chi connectivity index (χ0) is 18.9. The number of nitriles is 1. The maximum absolute atomic E-state index is 12.4. The minimum Gasteiger partial charge on any atom is -0.478 e. The van der Waals surface area contributed by atoms with Crippen molar-refractivity contribution in [2.75, 3.05) is 13.1 Å². The Balaban J connectivity index is 2.08. The van der Waals surface area contributed by atoms with Crippen LogP contribution in [0.25, 0.3) is 0 Å². The zero-order valence-corrected chi connectivity index (χ0v) is 14.5. The summed E-state index contributed by atoms with van der Waals surface area (Å²) >= 11 is 0. The van der Waals surface area contributed by atoms with Gasteiger partial charge >= 0.3 is 5.97 Å². The number of carboxylic acids is 1. The molecule has 0 saturated heterocycles. The van der Waals surface area contributed by atoms with Crippen LogP contribution in [0.4, 0.5) is 0 Å². The Morgan fingerprint density at radius 2 is 1.77 bits per heavy atom. The van der Waals surface area contributed by atoms with Gasteiger partial charge in [0.25, 0.3) is 5.91 Å². The molecule has 0 radical (unpaired) electrons. The lowest BCUT2D eigenvalue weighted by molar-refractivity contribution is -0.126. The van der Waals surface area contributed by atoms with Gasteiger partial charge in [0, 0.05) is 6.54 Å². The molecule has 7 heteroatoms. The second-order valence-electron chi connectivity index (χ2n) is 6.44. The van der Waals surface area contributed by atoms with Gasteiger partial charge in [0.15, 0.2) is 0 Å². The van der Waals surface area contributed by atoms with E-state index in [0.29, 0.717) is 0 Å². The highest BCUT2D eigenvalue weighted by atomic mass is 16.4. The third-order valence-corrected chi connectivity index (χ3v) is 4.78. The minimum atomic E-state index is -1.17. The normalized spacial score (nSPS) is 15.5. The number of carboxylic acid groups (broad SMARTS) is 1. The third-order valence-electron chi connectivity index (χ3n) is 4.78. The van der Waals surface area contributed by atoms with E-state index in [1.807, 2.05) is 6.07 Å². The van der Waals surface area contributed by atoms with Gasteiger partial charge < -0.3 is 15.7 Å². The number of hydrogen-bond acceptors (Lipinski definition) is 4. The van der Waals surface area contributed by atoms with E-state index >= 15 is 0 Å². The number of nitrogens with zero attached hydrogens (tertiary/aromatic N) is 1. The van der Waals surface area contributed by atoms with Gasteiger partial charge in [0.1, 0.15) is 6.54 Å². The molecule has 1 aliphatic rings. The minimum absolute atomic E-state index is 0.0693. The predicted octanol–water partition coefficient (Wildman–Crippen LogP) is 1.95. The summed E-state index contributed by atoms with van der Waals surface area (Å²) in [5.74, 6) is -2.21. The average Bonchev–Trinajstić information content (AvgIpc) is 2.67. The third kappa shape index (κ3) is 5.06. The molecule has 1 aliphatic carbocycles. The molecule has 1 saturated carbocycles. The summed E-state index contributed by atoms with van der Waals surface area (Å²) in [5, 5.41) is 23.2. The van der Waals surface area contributed by atoms with Crippen LogP contribution in [0.5, 0.6) is 0 Å². The molecule has 1 unspecified atom stereocenters. The lowest BCUT2D eigenvalue weighted by atomic mass is 9.79. The van der Waals surface area contributed by atoms with Gasteiger partial charge in [-0.15, -0.1) is 0 Å². The van der Waals surface area contributed by atoms with Crippen LogP contribution in [-0.2, 0) is 4.79 Å². The fourth-order valence-electron chi connectivity index (χ4n) is 3.43. The summed E-state index contributed by atoms with van der Waals surface area (Å²) in [7, 11) is 0. The predicted molar refractivity (Wildman–Crippen MR) is 94.4 cm³/mol. The summed E-state index contributed by atoms with van der Waals surface area (Å²) in [4.78, 5) is 36.1. The van der Waals surface area contributed by atoms with Gasteiger partial charge in [-0.05, 0) is 30.9 Å². The van der Waals surface area contributed by atoms with Crippen LogP contribution < -0.4 is 10.6 Å². The van der Waals surface area contributed by atoms with Gasteiger partial charge in [-0.1, -0.05) is 31.4 Å². The van der Waals surface area contributed by atoms with Crippen molar-refractivity contribution in [2.24, 2.45) is 11.8 Å². The van der Waals surface area contributed by atoms with Crippen molar-refractivity contribution in [1.82, 2.24) is 10.6 Å². The number of aromatic carboxylic acids is 1. The van der Waals surface area contributed by atoms with Crippen LogP contribution in [0.3, 0.4) is 0 Å². The van der Waals surface area contributed by atoms with E-state index in [1.54, 1.807) is 12.1 Å². The van der Waals surface area contributed by atoms with Crippen LogP contribution in [0.2, 0.25) is 0 Å². The highest BCUT2D eigenvalue weighted by Gasteiger charge is 2.30. The summed E-state index contributed by atoms with van der Waals surface area (Å²) in [6.07, 6.45) is 5.05. The van der Waals surface area contributed by atoms with E-state index in [1.165, 1.54) is 12.1 Å². The Labute approximate surface area is 152 Å². The van der Waals surface area contributed by atoms with Crippen LogP contribution >= 0.6 is 0 Å². The van der Waals surface area contributed by atoms with Gasteiger partial charge in [-0.2, -0.15) is 5.26 Å². The van der Waals surface area contributed by atoms with Crippen molar-refractivity contribution >= 4 is 17.8 Å². The highest BCUT2D eigenvalue weighted by molar-refractivity contribution is 6.04. The Kier molecular flexibility index (Phi) is 7.15. The van der Waals surface area contributed by atoms with E-state index in [4.69, 9.17) is 5.26 Å². The topological polar surface area (TPSA) is 119 Å². The van der Waals surface area contributed by atoms with Gasteiger partial charge in [-0.3, -0.25) is 9.59 Å². The first kappa shape index (κ1) is 19.4. The van der Waals surface area contributed by atoms with Crippen molar-refractivity contribution in [1.29, 1.82) is 5.26 Å². The molecule has 7 nitrogen and oxygen atoms in total. The first-order valence-electron chi connectivity index (χ1n) is 8.79. The molecule has 2 amide bonds. The molecule has 0 spiro atoms. The molecule has 138 valence electrons. The number of rotatable bonds is 7. The van der Waals surface area contributed by atoms with Crippen molar-refractivity contribution in [3.05, 3.63) is 35.4 Å². The Morgan fingerprint density at radius 3 is 2.38 bits per heavy atom. The van der Waals surface area contributed by atoms with Gasteiger partial charge in [0.2, 0.25) is 5.91 Å². The molecule has 0 aromatic heterocycles. The Bertz CT molecular complexity index is 705. The maximum Gasteiger partial charge on any atom is 0.336 e. The van der Waals surface area contributed by atoms with Crippen molar-refractivity contribution in [2.45, 2.75) is 32.1 Å². The number of hydrogen-bond donors (Lipinski definition) is 3. The van der Waals surface area contributed by atoms with E-state index in [-0.39, 0.29) is 36.0 Å². The standard InChI is InChI=1S/C19H23N3O4/c20-10-11-21-18(24)16(13-6-2-1-3-7-13)12-22-17(23)14-8-4-5-9-15(14)19(25)26/h4-5,8-9,13,16H,1-3,6-7,11-12H2,(H,21,24)(H,22,23)(H,25,26). The van der Waals surface area contributed by atoms with Crippen LogP contribution in [-0.4, -0.2) is 36.0 Å². The first-order valence-corrected chi connectivity index (χ1v) is 8.79. The molecule has 3 N–H and O–H groups in total. The Hall–Kier alpha value is -2.88. The second kappa shape index (κ2) is 9.56. The molecule has 1 fully saturated rings. The largest absolute Gasteiger partial charge is 0.478 e. The van der Waals surface area contributed by atoms with Gasteiger partial charge in [0.05, 0.1) is 23.1 Å². The molecule has 2 rings (SSSR count). The van der Waals surface area contributed by atoms with E-state index in [0.717, 1.165) is 32.1 Å². The number of benzene rings is 1. The number of carbonyl (C=O) groups excluding carboxylic acids is 2.